The second-order valence-electron chi connectivity index (χ2n) is 6.92. The number of carbonyl (C=O) groups is 1. The van der Waals surface area contributed by atoms with Gasteiger partial charge in [0, 0.05) is 31.2 Å². The second kappa shape index (κ2) is 7.76. The van der Waals surface area contributed by atoms with Crippen LogP contribution in [0.3, 0.4) is 0 Å². The van der Waals surface area contributed by atoms with Crippen LogP contribution in [-0.2, 0) is 17.1 Å². The van der Waals surface area contributed by atoms with E-state index in [9.17, 15) is 18.0 Å². The molecule has 1 N–H and O–H groups in total. The van der Waals surface area contributed by atoms with Gasteiger partial charge in [-0.05, 0) is 44.2 Å². The zero-order valence-electron chi connectivity index (χ0n) is 16.6. The second-order valence-corrected chi connectivity index (χ2v) is 8.91. The third kappa shape index (κ3) is 3.92. The summed E-state index contributed by atoms with van der Waals surface area (Å²) in [5.41, 5.74) is 0.237. The molecule has 152 valence electrons. The van der Waals surface area contributed by atoms with Crippen molar-refractivity contribution in [3.05, 3.63) is 64.6 Å². The highest BCUT2D eigenvalue weighted by Crippen LogP contribution is 2.20. The lowest BCUT2D eigenvalue weighted by Gasteiger charge is -2.21. The summed E-state index contributed by atoms with van der Waals surface area (Å²) in [6, 6.07) is 12.5. The monoisotopic (exact) mass is 414 g/mol. The summed E-state index contributed by atoms with van der Waals surface area (Å²) >= 11 is 0. The van der Waals surface area contributed by atoms with Crippen LogP contribution in [0.15, 0.2) is 58.2 Å². The van der Waals surface area contributed by atoms with E-state index in [0.29, 0.717) is 16.5 Å². The van der Waals surface area contributed by atoms with E-state index in [1.165, 1.54) is 42.7 Å². The Morgan fingerprint density at radius 3 is 2.24 bits per heavy atom. The molecule has 1 aromatic heterocycles. The van der Waals surface area contributed by atoms with Crippen LogP contribution in [0.4, 0.5) is 5.69 Å². The number of aryl methyl sites for hydroxylation is 1. The number of anilines is 1. The van der Waals surface area contributed by atoms with Crippen molar-refractivity contribution in [2.24, 2.45) is 7.05 Å². The molecule has 0 saturated carbocycles. The fourth-order valence-electron chi connectivity index (χ4n) is 2.81. The molecule has 0 aliphatic rings. The molecule has 0 fully saturated rings. The lowest BCUT2D eigenvalue weighted by Crippen LogP contribution is -2.33. The van der Waals surface area contributed by atoms with Gasteiger partial charge < -0.3 is 5.32 Å². The molecule has 0 aliphatic heterocycles. The van der Waals surface area contributed by atoms with E-state index in [4.69, 9.17) is 0 Å². The molecule has 8 nitrogen and oxygen atoms in total. The molecule has 2 aromatic carbocycles. The number of fused-ring (bicyclic) bond motifs is 1. The van der Waals surface area contributed by atoms with Crippen molar-refractivity contribution in [2.75, 3.05) is 12.4 Å². The molecule has 9 heteroatoms. The largest absolute Gasteiger partial charge is 0.321 e. The van der Waals surface area contributed by atoms with Crippen LogP contribution in [0.25, 0.3) is 10.8 Å². The highest BCUT2D eigenvalue weighted by Gasteiger charge is 2.23. The Kier molecular flexibility index (Phi) is 5.54. The summed E-state index contributed by atoms with van der Waals surface area (Å²) in [6.45, 7) is 3.58. The Labute approximate surface area is 168 Å². The van der Waals surface area contributed by atoms with Crippen LogP contribution in [0.1, 0.15) is 24.3 Å². The minimum Gasteiger partial charge on any atom is -0.321 e. The van der Waals surface area contributed by atoms with Gasteiger partial charge >= 0.3 is 0 Å². The average molecular weight is 414 g/mol. The van der Waals surface area contributed by atoms with Crippen molar-refractivity contribution >= 4 is 32.4 Å². The SMILES string of the molecule is CC(C)N(C)S(=O)(=O)c1ccc(NC(=O)c2nn(C)c(=O)c3ccccc23)cc1. The van der Waals surface area contributed by atoms with Crippen LogP contribution < -0.4 is 10.9 Å². The lowest BCUT2D eigenvalue weighted by molar-refractivity contribution is 0.102. The van der Waals surface area contributed by atoms with Crippen molar-refractivity contribution in [1.29, 1.82) is 0 Å². The molecular formula is C20H22N4O4S. The molecule has 0 unspecified atom stereocenters. The van der Waals surface area contributed by atoms with Crippen LogP contribution in [0.5, 0.6) is 0 Å². The molecule has 29 heavy (non-hydrogen) atoms. The van der Waals surface area contributed by atoms with E-state index in [1.807, 2.05) is 0 Å². The summed E-state index contributed by atoms with van der Waals surface area (Å²) in [5.74, 6) is -0.494. The molecule has 0 spiro atoms. The van der Waals surface area contributed by atoms with Gasteiger partial charge in [-0.2, -0.15) is 9.40 Å². The Morgan fingerprint density at radius 2 is 1.66 bits per heavy atom. The van der Waals surface area contributed by atoms with Crippen molar-refractivity contribution in [1.82, 2.24) is 14.1 Å². The fraction of sp³-hybridized carbons (Fsp3) is 0.250. The number of benzene rings is 2. The smallest absolute Gasteiger partial charge is 0.276 e. The Hall–Kier alpha value is -3.04. The van der Waals surface area contributed by atoms with E-state index in [1.54, 1.807) is 38.1 Å². The predicted molar refractivity (Wildman–Crippen MR) is 111 cm³/mol. The Balaban J connectivity index is 1.90. The number of nitrogens with zero attached hydrogens (tertiary/aromatic N) is 3. The maximum atomic E-state index is 12.8. The van der Waals surface area contributed by atoms with Crippen LogP contribution in [0, 0.1) is 0 Å². The van der Waals surface area contributed by atoms with Crippen molar-refractivity contribution in [2.45, 2.75) is 24.8 Å². The van der Waals surface area contributed by atoms with Crippen molar-refractivity contribution < 1.29 is 13.2 Å². The molecule has 0 bridgehead atoms. The van der Waals surface area contributed by atoms with E-state index in [0.717, 1.165) is 4.68 Å². The summed E-state index contributed by atoms with van der Waals surface area (Å²) in [5, 5.41) is 7.63. The molecule has 0 saturated heterocycles. The Bertz CT molecular complexity index is 1230. The summed E-state index contributed by atoms with van der Waals surface area (Å²) in [4.78, 5) is 25.1. The summed E-state index contributed by atoms with van der Waals surface area (Å²) < 4.78 is 27.5. The van der Waals surface area contributed by atoms with Crippen molar-refractivity contribution in [3.63, 3.8) is 0 Å². The zero-order valence-corrected chi connectivity index (χ0v) is 17.4. The topological polar surface area (TPSA) is 101 Å². The molecular weight excluding hydrogens is 392 g/mol. The summed E-state index contributed by atoms with van der Waals surface area (Å²) in [6.07, 6.45) is 0. The normalized spacial score (nSPS) is 11.9. The third-order valence-electron chi connectivity index (χ3n) is 4.69. The van der Waals surface area contributed by atoms with Gasteiger partial charge in [0.05, 0.1) is 10.3 Å². The van der Waals surface area contributed by atoms with Gasteiger partial charge in [-0.3, -0.25) is 9.59 Å². The number of rotatable bonds is 5. The van der Waals surface area contributed by atoms with Gasteiger partial charge in [-0.15, -0.1) is 0 Å². The third-order valence-corrected chi connectivity index (χ3v) is 6.74. The first-order valence-corrected chi connectivity index (χ1v) is 10.4. The predicted octanol–water partition coefficient (Wildman–Crippen LogP) is 2.21. The minimum absolute atomic E-state index is 0.110. The first-order valence-electron chi connectivity index (χ1n) is 8.98. The van der Waals surface area contributed by atoms with Gasteiger partial charge in [0.15, 0.2) is 5.69 Å². The molecule has 3 rings (SSSR count). The number of sulfonamides is 1. The molecule has 0 aliphatic carbocycles. The van der Waals surface area contributed by atoms with E-state index >= 15 is 0 Å². The highest BCUT2D eigenvalue weighted by molar-refractivity contribution is 7.89. The van der Waals surface area contributed by atoms with E-state index < -0.39 is 15.9 Å². The number of carbonyl (C=O) groups excluding carboxylic acids is 1. The van der Waals surface area contributed by atoms with Crippen LogP contribution >= 0.6 is 0 Å². The number of hydrogen-bond acceptors (Lipinski definition) is 5. The zero-order chi connectivity index (χ0) is 21.3. The van der Waals surface area contributed by atoms with E-state index in [-0.39, 0.29) is 22.2 Å². The highest BCUT2D eigenvalue weighted by atomic mass is 32.2. The first kappa shape index (κ1) is 20.7. The number of aromatic nitrogens is 2. The van der Waals surface area contributed by atoms with Crippen LogP contribution in [-0.4, -0.2) is 41.5 Å². The maximum absolute atomic E-state index is 12.8. The molecule has 1 heterocycles. The maximum Gasteiger partial charge on any atom is 0.276 e. The minimum atomic E-state index is -3.60. The van der Waals surface area contributed by atoms with Gasteiger partial charge in [0.2, 0.25) is 10.0 Å². The van der Waals surface area contributed by atoms with Crippen molar-refractivity contribution in [3.8, 4) is 0 Å². The fourth-order valence-corrected chi connectivity index (χ4v) is 4.18. The molecule has 1 amide bonds. The van der Waals surface area contributed by atoms with Crippen LogP contribution in [0.2, 0.25) is 0 Å². The van der Waals surface area contributed by atoms with E-state index in [2.05, 4.69) is 10.4 Å². The quantitative estimate of drug-likeness (QED) is 0.690. The Morgan fingerprint density at radius 1 is 1.07 bits per heavy atom. The van der Waals surface area contributed by atoms with Gasteiger partial charge in [-0.25, -0.2) is 13.1 Å². The van der Waals surface area contributed by atoms with Gasteiger partial charge in [0.1, 0.15) is 0 Å². The lowest BCUT2D eigenvalue weighted by atomic mass is 10.1. The molecule has 0 atom stereocenters. The average Bonchev–Trinajstić information content (AvgIpc) is 2.70. The standard InChI is InChI=1S/C20H22N4O4S/c1-13(2)24(4)29(27,28)15-11-9-14(10-12-15)21-19(25)18-16-7-5-6-8-17(16)20(26)23(3)22-18/h5-13H,1-4H3,(H,21,25). The van der Waals surface area contributed by atoms with Gasteiger partial charge in [-0.1, -0.05) is 18.2 Å². The van der Waals surface area contributed by atoms with Gasteiger partial charge in [0.25, 0.3) is 11.5 Å². The molecule has 0 radical (unpaired) electrons. The summed E-state index contributed by atoms with van der Waals surface area (Å²) in [7, 11) is -0.602. The number of nitrogens with one attached hydrogen (secondary N) is 1. The first-order chi connectivity index (χ1) is 13.6. The molecule has 3 aromatic rings. The number of amides is 1. The number of hydrogen-bond donors (Lipinski definition) is 1.